The minimum absolute atomic E-state index is 0.0521. The van der Waals surface area contributed by atoms with Crippen LogP contribution in [-0.2, 0) is 11.3 Å². The number of carbonyl (C=O) groups excluding carboxylic acids is 1. The zero-order valence-electron chi connectivity index (χ0n) is 11.6. The quantitative estimate of drug-likeness (QED) is 0.665. The maximum absolute atomic E-state index is 11.2. The standard InChI is InChI=1S/C15H16N4O2/c1-16-14(20)9-17-7-11-8-18-19-15(11)13-6-10-4-2-3-5-12(10)21-13/h2-6,8,17H,7,9H2,1H3,(H,16,20)(H,18,19). The van der Waals surface area contributed by atoms with E-state index in [1.54, 1.807) is 13.2 Å². The third kappa shape index (κ3) is 2.80. The van der Waals surface area contributed by atoms with Gasteiger partial charge in [0.1, 0.15) is 11.3 Å². The van der Waals surface area contributed by atoms with E-state index >= 15 is 0 Å². The molecule has 21 heavy (non-hydrogen) atoms. The first kappa shape index (κ1) is 13.4. The summed E-state index contributed by atoms with van der Waals surface area (Å²) in [5.41, 5.74) is 2.62. The van der Waals surface area contributed by atoms with Gasteiger partial charge in [0.15, 0.2) is 5.76 Å². The van der Waals surface area contributed by atoms with E-state index in [0.29, 0.717) is 6.54 Å². The highest BCUT2D eigenvalue weighted by atomic mass is 16.3. The summed E-state index contributed by atoms with van der Waals surface area (Å²) in [7, 11) is 1.61. The van der Waals surface area contributed by atoms with E-state index in [9.17, 15) is 4.79 Å². The molecule has 3 rings (SSSR count). The van der Waals surface area contributed by atoms with Gasteiger partial charge in [-0.2, -0.15) is 5.10 Å². The van der Waals surface area contributed by atoms with Crippen molar-refractivity contribution in [2.75, 3.05) is 13.6 Å². The molecule has 6 heteroatoms. The Labute approximate surface area is 121 Å². The zero-order valence-corrected chi connectivity index (χ0v) is 11.6. The van der Waals surface area contributed by atoms with Crippen LogP contribution in [-0.4, -0.2) is 29.7 Å². The molecule has 0 saturated carbocycles. The van der Waals surface area contributed by atoms with Crippen LogP contribution in [0.2, 0.25) is 0 Å². The van der Waals surface area contributed by atoms with Crippen LogP contribution in [0.5, 0.6) is 0 Å². The Kier molecular flexibility index (Phi) is 3.70. The van der Waals surface area contributed by atoms with Crippen molar-refractivity contribution in [2.45, 2.75) is 6.54 Å². The van der Waals surface area contributed by atoms with Gasteiger partial charge in [0, 0.05) is 24.5 Å². The molecule has 0 radical (unpaired) electrons. The minimum atomic E-state index is -0.0521. The lowest BCUT2D eigenvalue weighted by molar-refractivity contribution is -0.119. The van der Waals surface area contributed by atoms with Crippen LogP contribution in [0, 0.1) is 0 Å². The van der Waals surface area contributed by atoms with Crippen LogP contribution in [0.1, 0.15) is 5.56 Å². The molecule has 0 atom stereocenters. The second-order valence-corrected chi connectivity index (χ2v) is 4.70. The topological polar surface area (TPSA) is 83.0 Å². The van der Waals surface area contributed by atoms with E-state index in [0.717, 1.165) is 28.0 Å². The van der Waals surface area contributed by atoms with E-state index < -0.39 is 0 Å². The van der Waals surface area contributed by atoms with Gasteiger partial charge in [-0.15, -0.1) is 0 Å². The molecule has 0 unspecified atom stereocenters. The van der Waals surface area contributed by atoms with Gasteiger partial charge in [-0.05, 0) is 12.1 Å². The number of hydrogen-bond donors (Lipinski definition) is 3. The molecule has 108 valence electrons. The Balaban J connectivity index is 1.79. The summed E-state index contributed by atoms with van der Waals surface area (Å²) in [6, 6.07) is 9.82. The Morgan fingerprint density at radius 2 is 2.24 bits per heavy atom. The van der Waals surface area contributed by atoms with Gasteiger partial charge < -0.3 is 15.1 Å². The van der Waals surface area contributed by atoms with Gasteiger partial charge in [0.2, 0.25) is 5.91 Å². The number of fused-ring (bicyclic) bond motifs is 1. The summed E-state index contributed by atoms with van der Waals surface area (Å²) in [6.07, 6.45) is 1.74. The average Bonchev–Trinajstić information content (AvgIpc) is 3.12. The smallest absolute Gasteiger partial charge is 0.233 e. The molecule has 0 aliphatic rings. The van der Waals surface area contributed by atoms with Crippen molar-refractivity contribution in [1.82, 2.24) is 20.8 Å². The zero-order chi connectivity index (χ0) is 14.7. The third-order valence-corrected chi connectivity index (χ3v) is 3.27. The number of para-hydroxylation sites is 1. The normalized spacial score (nSPS) is 10.9. The molecule has 0 bridgehead atoms. The van der Waals surface area contributed by atoms with Crippen molar-refractivity contribution in [3.05, 3.63) is 42.1 Å². The molecule has 1 aromatic carbocycles. The van der Waals surface area contributed by atoms with Crippen LogP contribution in [0.3, 0.4) is 0 Å². The summed E-state index contributed by atoms with van der Waals surface area (Å²) >= 11 is 0. The number of amides is 1. The molecule has 6 nitrogen and oxygen atoms in total. The fourth-order valence-corrected chi connectivity index (χ4v) is 2.16. The largest absolute Gasteiger partial charge is 0.454 e. The van der Waals surface area contributed by atoms with Crippen LogP contribution in [0.4, 0.5) is 0 Å². The number of furan rings is 1. The second-order valence-electron chi connectivity index (χ2n) is 4.70. The highest BCUT2D eigenvalue weighted by Gasteiger charge is 2.12. The summed E-state index contributed by atoms with van der Waals surface area (Å²) in [5, 5.41) is 13.7. The summed E-state index contributed by atoms with van der Waals surface area (Å²) in [5.74, 6) is 0.689. The van der Waals surface area contributed by atoms with Crippen molar-refractivity contribution in [3.8, 4) is 11.5 Å². The third-order valence-electron chi connectivity index (χ3n) is 3.27. The van der Waals surface area contributed by atoms with Crippen LogP contribution >= 0.6 is 0 Å². The number of aromatic amines is 1. The van der Waals surface area contributed by atoms with Crippen molar-refractivity contribution in [1.29, 1.82) is 0 Å². The molecule has 3 N–H and O–H groups in total. The van der Waals surface area contributed by atoms with Crippen LogP contribution < -0.4 is 10.6 Å². The van der Waals surface area contributed by atoms with Crippen molar-refractivity contribution < 1.29 is 9.21 Å². The Bertz CT molecular complexity index is 727. The van der Waals surface area contributed by atoms with E-state index in [-0.39, 0.29) is 12.5 Å². The van der Waals surface area contributed by atoms with Gasteiger partial charge in [0.25, 0.3) is 0 Å². The van der Waals surface area contributed by atoms with Gasteiger partial charge in [0.05, 0.1) is 12.7 Å². The van der Waals surface area contributed by atoms with Gasteiger partial charge in [-0.25, -0.2) is 0 Å². The second kappa shape index (κ2) is 5.80. The number of nitrogens with zero attached hydrogens (tertiary/aromatic N) is 1. The van der Waals surface area contributed by atoms with Gasteiger partial charge >= 0.3 is 0 Å². The maximum Gasteiger partial charge on any atom is 0.233 e. The fraction of sp³-hybridized carbons (Fsp3) is 0.200. The molecule has 0 aliphatic heterocycles. The molecular formula is C15H16N4O2. The van der Waals surface area contributed by atoms with Crippen LogP contribution in [0.15, 0.2) is 40.9 Å². The van der Waals surface area contributed by atoms with Gasteiger partial charge in [-0.1, -0.05) is 18.2 Å². The van der Waals surface area contributed by atoms with E-state index in [1.807, 2.05) is 30.3 Å². The molecule has 2 heterocycles. The van der Waals surface area contributed by atoms with Gasteiger partial charge in [-0.3, -0.25) is 9.89 Å². The number of likely N-dealkylation sites (N-methyl/N-ethyl adjacent to an activating group) is 1. The first-order chi connectivity index (χ1) is 10.3. The maximum atomic E-state index is 11.2. The highest BCUT2D eigenvalue weighted by Crippen LogP contribution is 2.28. The molecule has 0 spiro atoms. The molecule has 0 saturated heterocycles. The van der Waals surface area contributed by atoms with E-state index in [1.165, 1.54) is 0 Å². The fourth-order valence-electron chi connectivity index (χ4n) is 2.16. The molecule has 0 aliphatic carbocycles. The first-order valence-corrected chi connectivity index (χ1v) is 6.70. The molecule has 2 aromatic heterocycles. The number of benzene rings is 1. The molecule has 1 amide bonds. The number of nitrogens with one attached hydrogen (secondary N) is 3. The lowest BCUT2D eigenvalue weighted by atomic mass is 10.2. The van der Waals surface area contributed by atoms with Crippen molar-refractivity contribution >= 4 is 16.9 Å². The van der Waals surface area contributed by atoms with Crippen molar-refractivity contribution in [3.63, 3.8) is 0 Å². The number of hydrogen-bond acceptors (Lipinski definition) is 4. The Morgan fingerprint density at radius 3 is 3.05 bits per heavy atom. The predicted octanol–water partition coefficient (Wildman–Crippen LogP) is 1.66. The lowest BCUT2D eigenvalue weighted by Crippen LogP contribution is -2.30. The molecule has 3 aromatic rings. The van der Waals surface area contributed by atoms with E-state index in [4.69, 9.17) is 4.42 Å². The predicted molar refractivity (Wildman–Crippen MR) is 79.6 cm³/mol. The monoisotopic (exact) mass is 284 g/mol. The molecule has 0 fully saturated rings. The van der Waals surface area contributed by atoms with Crippen molar-refractivity contribution in [2.24, 2.45) is 0 Å². The lowest BCUT2D eigenvalue weighted by Gasteiger charge is -2.03. The summed E-state index contributed by atoms with van der Waals surface area (Å²) in [6.45, 7) is 0.803. The number of rotatable bonds is 5. The van der Waals surface area contributed by atoms with Crippen LogP contribution in [0.25, 0.3) is 22.4 Å². The summed E-state index contributed by atoms with van der Waals surface area (Å²) < 4.78 is 5.82. The number of H-pyrrole nitrogens is 1. The Hall–Kier alpha value is -2.60. The average molecular weight is 284 g/mol. The minimum Gasteiger partial charge on any atom is -0.454 e. The highest BCUT2D eigenvalue weighted by molar-refractivity contribution is 5.82. The first-order valence-electron chi connectivity index (χ1n) is 6.70. The molecular weight excluding hydrogens is 268 g/mol. The SMILES string of the molecule is CNC(=O)CNCc1cn[nH]c1-c1cc2ccccc2o1. The Morgan fingerprint density at radius 1 is 1.38 bits per heavy atom. The summed E-state index contributed by atoms with van der Waals surface area (Å²) in [4.78, 5) is 11.2. The van der Waals surface area contributed by atoms with E-state index in [2.05, 4.69) is 20.8 Å². The number of aromatic nitrogens is 2. The number of carbonyl (C=O) groups is 1.